The largest absolute Gasteiger partial charge is 0.508 e. The second-order valence-corrected chi connectivity index (χ2v) is 6.92. The quantitative estimate of drug-likeness (QED) is 0.803. The van der Waals surface area contributed by atoms with Gasteiger partial charge in [0.25, 0.3) is 0 Å². The van der Waals surface area contributed by atoms with E-state index in [0.717, 1.165) is 57.2 Å². The van der Waals surface area contributed by atoms with Gasteiger partial charge in [-0.2, -0.15) is 0 Å². The number of hydrogen-bond donors (Lipinski definition) is 2. The first-order chi connectivity index (χ1) is 12.1. The molecule has 2 N–H and O–H groups in total. The van der Waals surface area contributed by atoms with Crippen LogP contribution in [0.25, 0.3) is 0 Å². The molecule has 6 nitrogen and oxygen atoms in total. The van der Waals surface area contributed by atoms with Crippen molar-refractivity contribution in [2.24, 2.45) is 0 Å². The highest BCUT2D eigenvalue weighted by atomic mass is 16.4. The van der Waals surface area contributed by atoms with Gasteiger partial charge in [0.2, 0.25) is 11.8 Å². The fraction of sp³-hybridized carbons (Fsp3) is 0.579. The van der Waals surface area contributed by atoms with Crippen molar-refractivity contribution in [3.05, 3.63) is 41.6 Å². The average molecular weight is 345 g/mol. The molecule has 0 spiro atoms. The molecular formula is C19H27N3O3. The molecule has 1 aromatic heterocycles. The molecule has 0 bridgehead atoms. The number of phenolic OH excluding ortho intramolecular Hbond substituents is 1. The van der Waals surface area contributed by atoms with Gasteiger partial charge in [0, 0.05) is 25.9 Å². The van der Waals surface area contributed by atoms with Crippen LogP contribution < -0.4 is 0 Å². The zero-order valence-corrected chi connectivity index (χ0v) is 14.8. The predicted octanol–water partition coefficient (Wildman–Crippen LogP) is 2.82. The molecule has 0 saturated heterocycles. The molecule has 136 valence electrons. The third-order valence-electron chi connectivity index (χ3n) is 4.88. The van der Waals surface area contributed by atoms with Crippen molar-refractivity contribution in [3.63, 3.8) is 0 Å². The van der Waals surface area contributed by atoms with Crippen molar-refractivity contribution in [1.82, 2.24) is 15.1 Å². The highest BCUT2D eigenvalue weighted by molar-refractivity contribution is 5.27. The molecule has 1 saturated carbocycles. The standard InChI is InChI=1S/C19H27N3O3/c1-14-20-21-19(25-14)6-3-11-22(16-7-9-17(23)10-8-16)13-15-4-2-5-18(24)12-15/h2,4-5,12,16-17,23-24H,3,6-11,13H2,1H3. The van der Waals surface area contributed by atoms with E-state index in [1.165, 1.54) is 0 Å². The molecule has 1 fully saturated rings. The van der Waals surface area contributed by atoms with Crippen LogP contribution in [0.2, 0.25) is 0 Å². The molecule has 1 aliphatic rings. The van der Waals surface area contributed by atoms with Gasteiger partial charge >= 0.3 is 0 Å². The SMILES string of the molecule is Cc1nnc(CCCN(Cc2cccc(O)c2)C2CCC(O)CC2)o1. The number of aliphatic hydroxyl groups is 1. The third-order valence-corrected chi connectivity index (χ3v) is 4.88. The maximum Gasteiger partial charge on any atom is 0.216 e. The molecule has 0 aliphatic heterocycles. The van der Waals surface area contributed by atoms with E-state index < -0.39 is 0 Å². The minimum atomic E-state index is -0.153. The summed E-state index contributed by atoms with van der Waals surface area (Å²) in [5, 5.41) is 27.4. The molecule has 0 unspecified atom stereocenters. The number of aliphatic hydroxyl groups excluding tert-OH is 1. The maximum absolute atomic E-state index is 9.78. The summed E-state index contributed by atoms with van der Waals surface area (Å²) in [6, 6.07) is 7.92. The molecule has 1 aromatic carbocycles. The van der Waals surface area contributed by atoms with Crippen LogP contribution in [0.15, 0.2) is 28.7 Å². The van der Waals surface area contributed by atoms with Crippen LogP contribution in [-0.4, -0.2) is 44.0 Å². The Hall–Kier alpha value is -1.92. The van der Waals surface area contributed by atoms with E-state index in [-0.39, 0.29) is 6.10 Å². The monoisotopic (exact) mass is 345 g/mol. The number of phenols is 1. The van der Waals surface area contributed by atoms with Gasteiger partial charge in [0.1, 0.15) is 5.75 Å². The Kier molecular flexibility index (Phi) is 6.04. The van der Waals surface area contributed by atoms with Crippen LogP contribution >= 0.6 is 0 Å². The Balaban J connectivity index is 1.61. The van der Waals surface area contributed by atoms with E-state index >= 15 is 0 Å². The average Bonchev–Trinajstić information content (AvgIpc) is 3.00. The molecule has 1 aliphatic carbocycles. The van der Waals surface area contributed by atoms with E-state index in [9.17, 15) is 10.2 Å². The molecule has 6 heteroatoms. The summed E-state index contributed by atoms with van der Waals surface area (Å²) in [6.45, 7) is 3.54. The summed E-state index contributed by atoms with van der Waals surface area (Å²) in [5.74, 6) is 1.60. The van der Waals surface area contributed by atoms with Crippen LogP contribution in [0.5, 0.6) is 5.75 Å². The fourth-order valence-corrected chi connectivity index (χ4v) is 3.58. The Morgan fingerprint density at radius 1 is 1.20 bits per heavy atom. The lowest BCUT2D eigenvalue weighted by atomic mass is 9.91. The first-order valence-corrected chi connectivity index (χ1v) is 9.09. The highest BCUT2D eigenvalue weighted by Gasteiger charge is 2.25. The minimum Gasteiger partial charge on any atom is -0.508 e. The molecule has 25 heavy (non-hydrogen) atoms. The van der Waals surface area contributed by atoms with Gasteiger partial charge < -0.3 is 14.6 Å². The normalized spacial score (nSPS) is 20.9. The summed E-state index contributed by atoms with van der Waals surface area (Å²) >= 11 is 0. The number of benzene rings is 1. The van der Waals surface area contributed by atoms with Crippen molar-refractivity contribution in [2.75, 3.05) is 6.54 Å². The van der Waals surface area contributed by atoms with Gasteiger partial charge in [0.05, 0.1) is 6.10 Å². The summed E-state index contributed by atoms with van der Waals surface area (Å²) in [4.78, 5) is 2.46. The van der Waals surface area contributed by atoms with Crippen molar-refractivity contribution in [1.29, 1.82) is 0 Å². The Morgan fingerprint density at radius 3 is 2.68 bits per heavy atom. The zero-order chi connectivity index (χ0) is 17.6. The van der Waals surface area contributed by atoms with Crippen LogP contribution in [0.4, 0.5) is 0 Å². The summed E-state index contributed by atoms with van der Waals surface area (Å²) < 4.78 is 5.45. The van der Waals surface area contributed by atoms with Gasteiger partial charge in [-0.25, -0.2) is 0 Å². The molecule has 1 heterocycles. The molecular weight excluding hydrogens is 318 g/mol. The Bertz CT molecular complexity index is 665. The minimum absolute atomic E-state index is 0.153. The van der Waals surface area contributed by atoms with Gasteiger partial charge in [-0.05, 0) is 56.3 Å². The molecule has 0 radical (unpaired) electrons. The van der Waals surface area contributed by atoms with Crippen LogP contribution in [0.3, 0.4) is 0 Å². The van der Waals surface area contributed by atoms with E-state index in [1.807, 2.05) is 18.2 Å². The number of aromatic nitrogens is 2. The molecule has 2 aromatic rings. The lowest BCUT2D eigenvalue weighted by molar-refractivity contribution is 0.0694. The number of aromatic hydroxyl groups is 1. The third kappa shape index (κ3) is 5.28. The van der Waals surface area contributed by atoms with Crippen LogP contribution in [0.1, 0.15) is 49.4 Å². The highest BCUT2D eigenvalue weighted by Crippen LogP contribution is 2.25. The number of hydrogen-bond acceptors (Lipinski definition) is 6. The van der Waals surface area contributed by atoms with E-state index in [0.29, 0.717) is 23.6 Å². The topological polar surface area (TPSA) is 82.6 Å². The first-order valence-electron chi connectivity index (χ1n) is 9.09. The smallest absolute Gasteiger partial charge is 0.216 e. The second kappa shape index (κ2) is 8.45. The van der Waals surface area contributed by atoms with Crippen molar-refractivity contribution in [3.8, 4) is 5.75 Å². The lowest BCUT2D eigenvalue weighted by Gasteiger charge is -2.36. The number of rotatable bonds is 7. The summed E-state index contributed by atoms with van der Waals surface area (Å²) in [7, 11) is 0. The fourth-order valence-electron chi connectivity index (χ4n) is 3.58. The van der Waals surface area contributed by atoms with E-state index in [4.69, 9.17) is 4.42 Å². The van der Waals surface area contributed by atoms with Crippen molar-refractivity contribution < 1.29 is 14.6 Å². The summed E-state index contributed by atoms with van der Waals surface area (Å²) in [6.07, 6.45) is 5.32. The first kappa shape index (κ1) is 17.9. The molecule has 3 rings (SSSR count). The Morgan fingerprint density at radius 2 is 2.00 bits per heavy atom. The molecule has 0 atom stereocenters. The number of aryl methyl sites for hydroxylation is 2. The molecule has 0 amide bonds. The summed E-state index contributed by atoms with van der Waals surface area (Å²) in [5.41, 5.74) is 1.11. The van der Waals surface area contributed by atoms with Gasteiger partial charge in [-0.1, -0.05) is 12.1 Å². The van der Waals surface area contributed by atoms with E-state index in [2.05, 4.69) is 15.1 Å². The van der Waals surface area contributed by atoms with E-state index in [1.54, 1.807) is 13.0 Å². The zero-order valence-electron chi connectivity index (χ0n) is 14.8. The van der Waals surface area contributed by atoms with Gasteiger partial charge in [-0.15, -0.1) is 10.2 Å². The van der Waals surface area contributed by atoms with Crippen LogP contribution in [0, 0.1) is 6.92 Å². The van der Waals surface area contributed by atoms with Gasteiger partial charge in [0.15, 0.2) is 0 Å². The Labute approximate surface area is 148 Å². The second-order valence-electron chi connectivity index (χ2n) is 6.92. The lowest BCUT2D eigenvalue weighted by Crippen LogP contribution is -2.39. The van der Waals surface area contributed by atoms with Crippen molar-refractivity contribution in [2.45, 2.75) is 64.1 Å². The van der Waals surface area contributed by atoms with Gasteiger partial charge in [-0.3, -0.25) is 4.90 Å². The predicted molar refractivity (Wildman–Crippen MR) is 94.1 cm³/mol. The van der Waals surface area contributed by atoms with Crippen LogP contribution in [-0.2, 0) is 13.0 Å². The van der Waals surface area contributed by atoms with Crippen molar-refractivity contribution >= 4 is 0 Å². The maximum atomic E-state index is 9.78. The number of nitrogens with zero attached hydrogens (tertiary/aromatic N) is 3.